The molecule has 0 saturated carbocycles. The fourth-order valence-electron chi connectivity index (χ4n) is 2.98. The van der Waals surface area contributed by atoms with Crippen molar-refractivity contribution in [1.29, 1.82) is 0 Å². The van der Waals surface area contributed by atoms with E-state index in [1.54, 1.807) is 0 Å². The Labute approximate surface area is 158 Å². The highest BCUT2D eigenvalue weighted by atomic mass is 32.2. The molecule has 0 aliphatic heterocycles. The van der Waals surface area contributed by atoms with Gasteiger partial charge in [0.05, 0.1) is 16.8 Å². The van der Waals surface area contributed by atoms with E-state index in [0.717, 1.165) is 40.5 Å². The molecule has 2 N–H and O–H groups in total. The number of carbonyl (C=O) groups excluding carboxylic acids is 1. The van der Waals surface area contributed by atoms with Crippen LogP contribution in [0.5, 0.6) is 0 Å². The van der Waals surface area contributed by atoms with E-state index >= 15 is 0 Å². The number of nitrogens with zero attached hydrogens (tertiary/aromatic N) is 2. The molecule has 0 fully saturated rings. The van der Waals surface area contributed by atoms with Crippen LogP contribution in [0.2, 0.25) is 0 Å². The molecule has 5 nitrogen and oxygen atoms in total. The third kappa shape index (κ3) is 4.19. The fraction of sp³-hybridized carbons (Fsp3) is 0.300. The van der Waals surface area contributed by atoms with Crippen LogP contribution in [0.4, 0.5) is 11.4 Å². The summed E-state index contributed by atoms with van der Waals surface area (Å²) in [5.41, 5.74) is 5.10. The molecule has 26 heavy (non-hydrogen) atoms. The number of amides is 1. The summed E-state index contributed by atoms with van der Waals surface area (Å²) < 4.78 is 0. The number of anilines is 2. The Morgan fingerprint density at radius 2 is 1.96 bits per heavy atom. The first-order valence-electron chi connectivity index (χ1n) is 8.83. The van der Waals surface area contributed by atoms with Gasteiger partial charge in [-0.15, -0.1) is 0 Å². The van der Waals surface area contributed by atoms with Gasteiger partial charge < -0.3 is 15.2 Å². The van der Waals surface area contributed by atoms with Crippen LogP contribution in [0.3, 0.4) is 0 Å². The van der Waals surface area contributed by atoms with Crippen LogP contribution >= 0.6 is 11.8 Å². The number of aromatic amines is 1. The first-order valence-corrected chi connectivity index (χ1v) is 9.82. The van der Waals surface area contributed by atoms with Gasteiger partial charge in [-0.2, -0.15) is 0 Å². The quantitative estimate of drug-likeness (QED) is 0.605. The second-order valence-electron chi connectivity index (χ2n) is 6.07. The Hall–Kier alpha value is -2.47. The van der Waals surface area contributed by atoms with Crippen molar-refractivity contribution in [2.75, 3.05) is 29.1 Å². The van der Waals surface area contributed by atoms with E-state index in [0.29, 0.717) is 5.75 Å². The summed E-state index contributed by atoms with van der Waals surface area (Å²) in [6.07, 6.45) is 0. The Balaban J connectivity index is 1.60. The summed E-state index contributed by atoms with van der Waals surface area (Å²) in [5.74, 6) is 0.280. The maximum Gasteiger partial charge on any atom is 0.234 e. The molecule has 136 valence electrons. The van der Waals surface area contributed by atoms with Crippen molar-refractivity contribution < 1.29 is 4.79 Å². The summed E-state index contributed by atoms with van der Waals surface area (Å²) in [4.78, 5) is 22.3. The number of H-pyrrole nitrogens is 1. The van der Waals surface area contributed by atoms with Crippen LogP contribution in [0.25, 0.3) is 11.0 Å². The summed E-state index contributed by atoms with van der Waals surface area (Å²) in [6.45, 7) is 8.31. The molecule has 3 rings (SSSR count). The summed E-state index contributed by atoms with van der Waals surface area (Å²) in [5, 5.41) is 3.73. The largest absolute Gasteiger partial charge is 0.372 e. The zero-order valence-corrected chi connectivity index (χ0v) is 16.2. The van der Waals surface area contributed by atoms with Gasteiger partial charge in [0.25, 0.3) is 0 Å². The van der Waals surface area contributed by atoms with E-state index in [2.05, 4.69) is 47.0 Å². The number of aryl methyl sites for hydroxylation is 1. The van der Waals surface area contributed by atoms with Gasteiger partial charge in [-0.1, -0.05) is 23.9 Å². The summed E-state index contributed by atoms with van der Waals surface area (Å²) in [6, 6.07) is 13.9. The first-order chi connectivity index (χ1) is 12.6. The molecule has 0 aliphatic rings. The standard InChI is InChI=1S/C20H24N4OS/c1-4-24(5-2)18-11-10-15(12-14(18)3)21-19(25)13-26-20-22-16-8-6-7-9-17(16)23-20/h6-12H,4-5,13H2,1-3H3,(H,21,25)(H,22,23). The van der Waals surface area contributed by atoms with Crippen molar-refractivity contribution in [3.63, 3.8) is 0 Å². The molecule has 0 radical (unpaired) electrons. The number of imidazole rings is 1. The molecular weight excluding hydrogens is 344 g/mol. The second-order valence-corrected chi connectivity index (χ2v) is 7.03. The number of nitrogens with one attached hydrogen (secondary N) is 2. The Bertz CT molecular complexity index is 869. The second kappa shape index (κ2) is 8.27. The molecule has 1 amide bonds. The summed E-state index contributed by atoms with van der Waals surface area (Å²) in [7, 11) is 0. The van der Waals surface area contributed by atoms with Crippen molar-refractivity contribution >= 4 is 40.1 Å². The van der Waals surface area contributed by atoms with Crippen molar-refractivity contribution in [1.82, 2.24) is 9.97 Å². The average molecular weight is 369 g/mol. The smallest absolute Gasteiger partial charge is 0.234 e. The Kier molecular flexibility index (Phi) is 5.83. The minimum atomic E-state index is -0.0366. The number of fused-ring (bicyclic) bond motifs is 1. The predicted molar refractivity (Wildman–Crippen MR) is 110 cm³/mol. The van der Waals surface area contributed by atoms with Crippen molar-refractivity contribution in [3.8, 4) is 0 Å². The van der Waals surface area contributed by atoms with Crippen LogP contribution in [-0.2, 0) is 4.79 Å². The number of para-hydroxylation sites is 2. The highest BCUT2D eigenvalue weighted by molar-refractivity contribution is 7.99. The van der Waals surface area contributed by atoms with Crippen LogP contribution < -0.4 is 10.2 Å². The lowest BCUT2D eigenvalue weighted by atomic mass is 10.1. The van der Waals surface area contributed by atoms with Crippen molar-refractivity contribution in [2.24, 2.45) is 0 Å². The normalized spacial score (nSPS) is 10.9. The maximum absolute atomic E-state index is 12.3. The van der Waals surface area contributed by atoms with Gasteiger partial charge in [0.15, 0.2) is 5.16 Å². The number of hydrogen-bond acceptors (Lipinski definition) is 4. The molecule has 6 heteroatoms. The van der Waals surface area contributed by atoms with Gasteiger partial charge in [-0.25, -0.2) is 4.98 Å². The van der Waals surface area contributed by atoms with E-state index < -0.39 is 0 Å². The molecule has 0 atom stereocenters. The monoisotopic (exact) mass is 368 g/mol. The molecule has 1 aromatic heterocycles. The molecule has 0 unspecified atom stereocenters. The van der Waals surface area contributed by atoms with E-state index in [1.807, 2.05) is 36.4 Å². The van der Waals surface area contributed by atoms with Gasteiger partial charge in [0.2, 0.25) is 5.91 Å². The van der Waals surface area contributed by atoms with Gasteiger partial charge in [0.1, 0.15) is 0 Å². The predicted octanol–water partition coefficient (Wildman–Crippen LogP) is 4.45. The third-order valence-corrected chi connectivity index (χ3v) is 5.17. The van der Waals surface area contributed by atoms with E-state index in [4.69, 9.17) is 0 Å². The zero-order chi connectivity index (χ0) is 18.5. The first kappa shape index (κ1) is 18.3. The molecule has 0 bridgehead atoms. The van der Waals surface area contributed by atoms with Crippen LogP contribution in [-0.4, -0.2) is 34.7 Å². The SMILES string of the molecule is CCN(CC)c1ccc(NC(=O)CSc2nc3ccccc3[nH]2)cc1C. The van der Waals surface area contributed by atoms with E-state index in [1.165, 1.54) is 17.4 Å². The third-order valence-electron chi connectivity index (χ3n) is 4.29. The average Bonchev–Trinajstić information content (AvgIpc) is 3.05. The highest BCUT2D eigenvalue weighted by Gasteiger charge is 2.10. The Morgan fingerprint density at radius 1 is 1.19 bits per heavy atom. The zero-order valence-electron chi connectivity index (χ0n) is 15.4. The van der Waals surface area contributed by atoms with Gasteiger partial charge in [0, 0.05) is 24.5 Å². The van der Waals surface area contributed by atoms with Crippen LogP contribution in [0.1, 0.15) is 19.4 Å². The molecule has 1 heterocycles. The van der Waals surface area contributed by atoms with Gasteiger partial charge >= 0.3 is 0 Å². The number of benzene rings is 2. The number of carbonyl (C=O) groups is 1. The number of rotatable bonds is 7. The molecule has 2 aromatic carbocycles. The van der Waals surface area contributed by atoms with Crippen molar-refractivity contribution in [3.05, 3.63) is 48.0 Å². The number of aromatic nitrogens is 2. The van der Waals surface area contributed by atoms with Crippen LogP contribution in [0, 0.1) is 6.92 Å². The van der Waals surface area contributed by atoms with E-state index in [9.17, 15) is 4.79 Å². The lowest BCUT2D eigenvalue weighted by Crippen LogP contribution is -2.22. The molecule has 0 spiro atoms. The number of hydrogen-bond donors (Lipinski definition) is 2. The molecule has 0 aliphatic carbocycles. The highest BCUT2D eigenvalue weighted by Crippen LogP contribution is 2.24. The lowest BCUT2D eigenvalue weighted by molar-refractivity contribution is -0.113. The van der Waals surface area contributed by atoms with Crippen LogP contribution in [0.15, 0.2) is 47.6 Å². The topological polar surface area (TPSA) is 61.0 Å². The summed E-state index contributed by atoms with van der Waals surface area (Å²) >= 11 is 1.41. The van der Waals surface area contributed by atoms with Crippen molar-refractivity contribution in [2.45, 2.75) is 25.9 Å². The van der Waals surface area contributed by atoms with E-state index in [-0.39, 0.29) is 5.91 Å². The molecule has 3 aromatic rings. The molecule has 0 saturated heterocycles. The van der Waals surface area contributed by atoms with Gasteiger partial charge in [-0.05, 0) is 56.7 Å². The van der Waals surface area contributed by atoms with Gasteiger partial charge in [-0.3, -0.25) is 4.79 Å². The Morgan fingerprint density at radius 3 is 2.65 bits per heavy atom. The fourth-order valence-corrected chi connectivity index (χ4v) is 3.67. The minimum Gasteiger partial charge on any atom is -0.372 e. The molecular formula is C20H24N4OS. The lowest BCUT2D eigenvalue weighted by Gasteiger charge is -2.23. The maximum atomic E-state index is 12.3. The number of thioether (sulfide) groups is 1. The minimum absolute atomic E-state index is 0.0366.